The molecular weight excluding hydrogens is 495 g/mol. The third kappa shape index (κ3) is 8.09. The molecule has 0 saturated heterocycles. The number of methoxy groups -OCH3 is 1. The number of ether oxygens (including phenoxy) is 1. The minimum Gasteiger partial charge on any atom is -0.465 e. The van der Waals surface area contributed by atoms with Crippen LogP contribution in [-0.4, -0.2) is 63.8 Å². The summed E-state index contributed by atoms with van der Waals surface area (Å²) >= 11 is 6.00. The van der Waals surface area contributed by atoms with E-state index >= 15 is 0 Å². The van der Waals surface area contributed by atoms with Gasteiger partial charge in [-0.15, -0.1) is 0 Å². The number of aldehydes is 1. The molecule has 2 aromatic rings. The molecule has 0 saturated carbocycles. The highest BCUT2D eigenvalue weighted by Gasteiger charge is 2.27. The molecule has 0 radical (unpaired) electrons. The van der Waals surface area contributed by atoms with Crippen molar-refractivity contribution in [2.75, 3.05) is 38.7 Å². The van der Waals surface area contributed by atoms with E-state index in [1.54, 1.807) is 24.3 Å². The van der Waals surface area contributed by atoms with Crippen molar-refractivity contribution < 1.29 is 18.7 Å². The Morgan fingerprint density at radius 3 is 2.59 bits per heavy atom. The Labute approximate surface area is 224 Å². The number of hydrogen-bond acceptors (Lipinski definition) is 7. The lowest BCUT2D eigenvalue weighted by Crippen LogP contribution is -2.47. The monoisotopic (exact) mass is 532 g/mol. The fourth-order valence-electron chi connectivity index (χ4n) is 4.49. The van der Waals surface area contributed by atoms with Crippen molar-refractivity contribution in [3.63, 3.8) is 0 Å². The molecule has 2 rings (SSSR count). The Morgan fingerprint density at radius 2 is 2.03 bits per heavy atom. The Morgan fingerprint density at radius 1 is 1.30 bits per heavy atom. The summed E-state index contributed by atoms with van der Waals surface area (Å²) < 4.78 is 19.6. The van der Waals surface area contributed by atoms with Crippen molar-refractivity contribution >= 4 is 41.9 Å². The summed E-state index contributed by atoms with van der Waals surface area (Å²) in [6.45, 7) is 12.0. The lowest BCUT2D eigenvalue weighted by molar-refractivity contribution is -0.109. The maximum absolute atomic E-state index is 14.8. The molecule has 0 aliphatic heterocycles. The van der Waals surface area contributed by atoms with Crippen LogP contribution in [0.5, 0.6) is 0 Å². The summed E-state index contributed by atoms with van der Waals surface area (Å²) in [7, 11) is 3.19. The predicted molar refractivity (Wildman–Crippen MR) is 149 cm³/mol. The van der Waals surface area contributed by atoms with Gasteiger partial charge in [0.25, 0.3) is 0 Å². The number of nitrogens with one attached hydrogen (secondary N) is 1. The number of hydrogen-bond donors (Lipinski definition) is 1. The first-order valence-electron chi connectivity index (χ1n) is 12.5. The summed E-state index contributed by atoms with van der Waals surface area (Å²) in [6, 6.07) is 9.90. The molecule has 1 unspecified atom stereocenters. The first-order valence-corrected chi connectivity index (χ1v) is 12.9. The quantitative estimate of drug-likeness (QED) is 0.138. The molecule has 0 spiro atoms. The number of halogens is 2. The number of rotatable bonds is 15. The molecule has 0 bridgehead atoms. The molecule has 0 aromatic heterocycles. The number of benzene rings is 2. The van der Waals surface area contributed by atoms with Gasteiger partial charge in [-0.1, -0.05) is 37.6 Å². The third-order valence-electron chi connectivity index (χ3n) is 6.38. The number of anilines is 1. The zero-order chi connectivity index (χ0) is 27.5. The number of esters is 1. The number of aliphatic imine (C=N–C) groups is 1. The molecular formula is C28H38ClFN4O3. The van der Waals surface area contributed by atoms with Gasteiger partial charge in [0.15, 0.2) is 0 Å². The van der Waals surface area contributed by atoms with E-state index in [9.17, 15) is 14.0 Å². The smallest absolute Gasteiger partial charge is 0.337 e. The first kappa shape index (κ1) is 30.4. The van der Waals surface area contributed by atoms with Gasteiger partial charge < -0.3 is 14.4 Å². The normalized spacial score (nSPS) is 12.9. The van der Waals surface area contributed by atoms with E-state index in [2.05, 4.69) is 40.9 Å². The van der Waals surface area contributed by atoms with Gasteiger partial charge in [0.1, 0.15) is 12.1 Å². The van der Waals surface area contributed by atoms with Crippen molar-refractivity contribution in [1.29, 1.82) is 0 Å². The van der Waals surface area contributed by atoms with Crippen LogP contribution in [0.1, 0.15) is 55.5 Å². The van der Waals surface area contributed by atoms with Gasteiger partial charge >= 0.3 is 5.97 Å². The fourth-order valence-corrected chi connectivity index (χ4v) is 4.67. The first-order chi connectivity index (χ1) is 17.7. The second-order valence-electron chi connectivity index (χ2n) is 9.27. The van der Waals surface area contributed by atoms with Crippen LogP contribution >= 0.6 is 11.6 Å². The summed E-state index contributed by atoms with van der Waals surface area (Å²) in [5.41, 5.74) is 5.40. The Hall–Kier alpha value is -2.81. The van der Waals surface area contributed by atoms with Crippen LogP contribution in [0.25, 0.3) is 0 Å². The number of carbonyl (C=O) groups is 2. The summed E-state index contributed by atoms with van der Waals surface area (Å²) in [4.78, 5) is 30.4. The highest BCUT2D eigenvalue weighted by molar-refractivity contribution is 6.30. The molecule has 0 amide bonds. The minimum absolute atomic E-state index is 0.00515. The molecule has 37 heavy (non-hydrogen) atoms. The van der Waals surface area contributed by atoms with Crippen molar-refractivity contribution in [3.8, 4) is 0 Å². The summed E-state index contributed by atoms with van der Waals surface area (Å²) in [6.07, 6.45) is 1.90. The van der Waals surface area contributed by atoms with Gasteiger partial charge in [0.2, 0.25) is 0 Å². The van der Waals surface area contributed by atoms with Gasteiger partial charge in [0, 0.05) is 31.6 Å². The second-order valence-corrected chi connectivity index (χ2v) is 9.67. The standard InChI is InChI=1S/C28H38ClFN4O3/c1-7-33(26-12-11-20(28(36)37-6)16-25(26)31-4)14-13-22(34(32-5)17-19(2)3)15-21(18-35)23-9-8-10-24(29)27(23)30/h8-12,16,18-19,21-22,32H,4,7,13-15,17H2,1-3,5-6H3/t21?,22-/m0/s1. The van der Waals surface area contributed by atoms with E-state index in [4.69, 9.17) is 16.3 Å². The number of hydrazine groups is 1. The van der Waals surface area contributed by atoms with E-state index in [-0.39, 0.29) is 11.1 Å². The van der Waals surface area contributed by atoms with Gasteiger partial charge in [-0.3, -0.25) is 10.4 Å². The summed E-state index contributed by atoms with van der Waals surface area (Å²) in [5, 5.41) is 2.12. The van der Waals surface area contributed by atoms with E-state index < -0.39 is 17.7 Å². The molecule has 9 heteroatoms. The van der Waals surface area contributed by atoms with E-state index in [0.29, 0.717) is 48.7 Å². The number of nitrogens with zero attached hydrogens (tertiary/aromatic N) is 3. The molecule has 0 aliphatic rings. The average Bonchev–Trinajstić information content (AvgIpc) is 2.90. The molecule has 0 aliphatic carbocycles. The second kappa shape index (κ2) is 14.8. The zero-order valence-electron chi connectivity index (χ0n) is 22.3. The van der Waals surface area contributed by atoms with Gasteiger partial charge in [-0.2, -0.15) is 0 Å². The maximum Gasteiger partial charge on any atom is 0.337 e. The van der Waals surface area contributed by atoms with Crippen LogP contribution in [0.4, 0.5) is 15.8 Å². The van der Waals surface area contributed by atoms with Gasteiger partial charge in [-0.25, -0.2) is 14.2 Å². The molecule has 2 aromatic carbocycles. The van der Waals surface area contributed by atoms with E-state index in [1.807, 2.05) is 20.0 Å². The average molecular weight is 533 g/mol. The molecule has 2 atom stereocenters. The van der Waals surface area contributed by atoms with Gasteiger partial charge in [0.05, 0.1) is 29.1 Å². The highest BCUT2D eigenvalue weighted by Crippen LogP contribution is 2.32. The van der Waals surface area contributed by atoms with Crippen molar-refractivity contribution in [2.45, 2.75) is 45.6 Å². The van der Waals surface area contributed by atoms with Crippen molar-refractivity contribution in [1.82, 2.24) is 10.4 Å². The largest absolute Gasteiger partial charge is 0.465 e. The van der Waals surface area contributed by atoms with Gasteiger partial charge in [-0.05, 0) is 69.3 Å². The Bertz CT molecular complexity index is 1070. The summed E-state index contributed by atoms with van der Waals surface area (Å²) in [5.74, 6) is -1.27. The van der Waals surface area contributed by atoms with Crippen molar-refractivity contribution in [3.05, 3.63) is 58.4 Å². The van der Waals surface area contributed by atoms with Crippen LogP contribution in [-0.2, 0) is 9.53 Å². The van der Waals surface area contributed by atoms with Crippen LogP contribution < -0.4 is 10.3 Å². The Kier molecular flexibility index (Phi) is 12.2. The molecule has 7 nitrogen and oxygen atoms in total. The van der Waals surface area contributed by atoms with Crippen LogP contribution in [0.15, 0.2) is 41.4 Å². The van der Waals surface area contributed by atoms with Crippen LogP contribution in [0, 0.1) is 11.7 Å². The fraction of sp³-hybridized carbons (Fsp3) is 0.464. The molecule has 0 heterocycles. The topological polar surface area (TPSA) is 74.2 Å². The lowest BCUT2D eigenvalue weighted by atomic mass is 9.91. The lowest BCUT2D eigenvalue weighted by Gasteiger charge is -2.35. The highest BCUT2D eigenvalue weighted by atomic mass is 35.5. The maximum atomic E-state index is 14.8. The predicted octanol–water partition coefficient (Wildman–Crippen LogP) is 5.65. The molecule has 202 valence electrons. The van der Waals surface area contributed by atoms with Crippen LogP contribution in [0.2, 0.25) is 5.02 Å². The molecule has 1 N–H and O–H groups in total. The molecule has 0 fully saturated rings. The van der Waals surface area contributed by atoms with Crippen LogP contribution in [0.3, 0.4) is 0 Å². The van der Waals surface area contributed by atoms with E-state index in [0.717, 1.165) is 18.5 Å². The SMILES string of the molecule is C=Nc1cc(C(=O)OC)ccc1N(CC)CC[C@@H](CC(C=O)c1cccc(Cl)c1F)N(CC(C)C)NC. The third-order valence-corrected chi connectivity index (χ3v) is 6.67. The zero-order valence-corrected chi connectivity index (χ0v) is 23.1. The minimum atomic E-state index is -0.647. The Balaban J connectivity index is 2.34. The van der Waals surface area contributed by atoms with Crippen molar-refractivity contribution in [2.24, 2.45) is 10.9 Å². The van der Waals surface area contributed by atoms with E-state index in [1.165, 1.54) is 13.2 Å². The number of carbonyl (C=O) groups excluding carboxylic acids is 2.